The van der Waals surface area contributed by atoms with Crippen molar-refractivity contribution < 1.29 is 19.8 Å². The summed E-state index contributed by atoms with van der Waals surface area (Å²) in [4.78, 5) is 21.9. The van der Waals surface area contributed by atoms with Crippen LogP contribution < -0.4 is 0 Å². The fraction of sp³-hybridized carbons (Fsp3) is 0.333. The lowest BCUT2D eigenvalue weighted by Crippen LogP contribution is -2.47. The molecule has 2 N–H and O–H groups in total. The Kier molecular flexibility index (Phi) is 2.78. The van der Waals surface area contributed by atoms with Crippen molar-refractivity contribution in [2.24, 2.45) is 0 Å². The maximum atomic E-state index is 11.1. The van der Waals surface area contributed by atoms with Crippen LogP contribution in [0, 0.1) is 0 Å². The Balaban J connectivity index is 3.22. The van der Waals surface area contributed by atoms with Crippen LogP contribution in [0.2, 0.25) is 0 Å². The summed E-state index contributed by atoms with van der Waals surface area (Å²) in [6.07, 6.45) is 3.93. The molecule has 0 bridgehead atoms. The minimum atomic E-state index is -2.30. The lowest BCUT2D eigenvalue weighted by atomic mass is 9.95. The smallest absolute Gasteiger partial charge is 0.342 e. The number of aliphatic carboxylic acids is 1. The molecule has 0 aromatic rings. The molecule has 0 spiro atoms. The van der Waals surface area contributed by atoms with Gasteiger partial charge in [-0.3, -0.25) is 4.79 Å². The number of aliphatic hydroxyl groups is 1. The van der Waals surface area contributed by atoms with Crippen LogP contribution in [0.25, 0.3) is 0 Å². The van der Waals surface area contributed by atoms with E-state index < -0.39 is 22.7 Å². The zero-order valence-electron chi connectivity index (χ0n) is 7.40. The molecule has 5 heteroatoms. The molecule has 0 saturated heterocycles. The first kappa shape index (κ1) is 10.9. The van der Waals surface area contributed by atoms with Gasteiger partial charge >= 0.3 is 5.97 Å². The highest BCUT2D eigenvalue weighted by atomic mass is 35.5. The molecule has 14 heavy (non-hydrogen) atoms. The first-order valence-electron chi connectivity index (χ1n) is 3.93. The average molecular weight is 217 g/mol. The van der Waals surface area contributed by atoms with E-state index in [4.69, 9.17) is 16.7 Å². The van der Waals surface area contributed by atoms with E-state index >= 15 is 0 Å². The molecule has 0 amide bonds. The number of allylic oxidation sites excluding steroid dienone is 2. The van der Waals surface area contributed by atoms with Crippen LogP contribution in [0.15, 0.2) is 23.8 Å². The number of carbonyl (C=O) groups excluding carboxylic acids is 1. The third kappa shape index (κ3) is 1.36. The van der Waals surface area contributed by atoms with Gasteiger partial charge in [0.2, 0.25) is 5.60 Å². The van der Waals surface area contributed by atoms with E-state index in [2.05, 4.69) is 0 Å². The quantitative estimate of drug-likeness (QED) is 0.659. The fourth-order valence-corrected chi connectivity index (χ4v) is 1.56. The lowest BCUT2D eigenvalue weighted by molar-refractivity contribution is -0.154. The second kappa shape index (κ2) is 3.55. The van der Waals surface area contributed by atoms with Crippen molar-refractivity contribution in [1.82, 2.24) is 0 Å². The number of rotatable bonds is 2. The van der Waals surface area contributed by atoms with Crippen LogP contribution in [0.3, 0.4) is 0 Å². The Bertz CT molecular complexity index is 345. The second-order valence-electron chi connectivity index (χ2n) is 2.94. The average Bonchev–Trinajstić information content (AvgIpc) is 2.32. The number of ketones is 1. The first-order chi connectivity index (χ1) is 6.44. The number of alkyl halides is 1. The van der Waals surface area contributed by atoms with Crippen molar-refractivity contribution in [3.05, 3.63) is 23.8 Å². The van der Waals surface area contributed by atoms with E-state index in [-0.39, 0.29) is 5.57 Å². The molecule has 1 rings (SSSR count). The van der Waals surface area contributed by atoms with Crippen LogP contribution in [0.1, 0.15) is 6.92 Å². The predicted molar refractivity (Wildman–Crippen MR) is 50.1 cm³/mol. The molecule has 0 radical (unpaired) electrons. The van der Waals surface area contributed by atoms with E-state index in [0.717, 1.165) is 6.08 Å². The summed E-state index contributed by atoms with van der Waals surface area (Å²) in [5.74, 6) is -2.11. The normalized spacial score (nSPS) is 32.4. The van der Waals surface area contributed by atoms with Crippen LogP contribution in [0.5, 0.6) is 0 Å². The first-order valence-corrected chi connectivity index (χ1v) is 4.36. The van der Waals surface area contributed by atoms with Crippen LogP contribution >= 0.6 is 11.6 Å². The number of carboxylic acid groups (broad SMARTS) is 1. The number of halogens is 1. The van der Waals surface area contributed by atoms with Gasteiger partial charge in [-0.1, -0.05) is 12.2 Å². The molecule has 2 unspecified atom stereocenters. The Morgan fingerprint density at radius 1 is 1.71 bits per heavy atom. The zero-order valence-corrected chi connectivity index (χ0v) is 8.15. The summed E-state index contributed by atoms with van der Waals surface area (Å²) < 4.78 is 0. The van der Waals surface area contributed by atoms with E-state index in [1.807, 2.05) is 0 Å². The Morgan fingerprint density at radius 3 is 2.71 bits per heavy atom. The molecule has 1 aliphatic carbocycles. The van der Waals surface area contributed by atoms with Gasteiger partial charge in [0.25, 0.3) is 0 Å². The van der Waals surface area contributed by atoms with Gasteiger partial charge in [-0.2, -0.15) is 0 Å². The third-order valence-corrected chi connectivity index (χ3v) is 2.56. The monoisotopic (exact) mass is 216 g/mol. The van der Waals surface area contributed by atoms with Gasteiger partial charge in [-0.15, -0.1) is 11.6 Å². The van der Waals surface area contributed by atoms with Crippen molar-refractivity contribution in [2.45, 2.75) is 17.9 Å². The van der Waals surface area contributed by atoms with Crippen molar-refractivity contribution in [3.63, 3.8) is 0 Å². The summed E-state index contributed by atoms with van der Waals surface area (Å²) >= 11 is 5.53. The molecule has 0 aromatic heterocycles. The largest absolute Gasteiger partial charge is 0.479 e. The lowest BCUT2D eigenvalue weighted by Gasteiger charge is -2.22. The van der Waals surface area contributed by atoms with Gasteiger partial charge in [0, 0.05) is 5.57 Å². The summed E-state index contributed by atoms with van der Waals surface area (Å²) in [7, 11) is 0. The summed E-state index contributed by atoms with van der Waals surface area (Å²) in [5.41, 5.74) is -2.29. The standard InChI is InChI=1S/C9H9ClO4/c1-2-3-5-4-6(11)7(10)9(5,14)8(12)13/h2-4,7,14H,1H3,(H,12,13). The topological polar surface area (TPSA) is 74.6 Å². The second-order valence-corrected chi connectivity index (χ2v) is 3.37. The number of carboxylic acids is 1. The molecule has 4 nitrogen and oxygen atoms in total. The molecule has 0 aromatic carbocycles. The van der Waals surface area contributed by atoms with E-state index in [1.165, 1.54) is 12.2 Å². The Labute approximate surface area is 85.5 Å². The molecule has 76 valence electrons. The Morgan fingerprint density at radius 2 is 2.29 bits per heavy atom. The van der Waals surface area contributed by atoms with Crippen LogP contribution in [0.4, 0.5) is 0 Å². The SMILES string of the molecule is CC=CC1=CC(=O)C(Cl)C1(O)C(=O)O. The van der Waals surface area contributed by atoms with Crippen molar-refractivity contribution in [3.8, 4) is 0 Å². The van der Waals surface area contributed by atoms with E-state index in [0.29, 0.717) is 0 Å². The van der Waals surface area contributed by atoms with Crippen LogP contribution in [-0.2, 0) is 9.59 Å². The molecule has 1 aliphatic rings. The van der Waals surface area contributed by atoms with Crippen molar-refractivity contribution in [2.75, 3.05) is 0 Å². The van der Waals surface area contributed by atoms with Crippen LogP contribution in [-0.4, -0.2) is 32.9 Å². The van der Waals surface area contributed by atoms with Gasteiger partial charge in [0.05, 0.1) is 0 Å². The fourth-order valence-electron chi connectivity index (χ4n) is 1.28. The van der Waals surface area contributed by atoms with Gasteiger partial charge in [0.15, 0.2) is 5.78 Å². The maximum absolute atomic E-state index is 11.1. The molecular weight excluding hydrogens is 208 g/mol. The number of carbonyl (C=O) groups is 2. The van der Waals surface area contributed by atoms with Crippen molar-refractivity contribution in [1.29, 1.82) is 0 Å². The third-order valence-electron chi connectivity index (χ3n) is 2.03. The summed E-state index contributed by atoms with van der Waals surface area (Å²) in [5, 5.41) is 17.1. The Hall–Kier alpha value is -1.13. The summed E-state index contributed by atoms with van der Waals surface area (Å²) in [6.45, 7) is 1.65. The van der Waals surface area contributed by atoms with Gasteiger partial charge in [-0.25, -0.2) is 4.79 Å². The van der Waals surface area contributed by atoms with Gasteiger partial charge in [0.1, 0.15) is 5.38 Å². The van der Waals surface area contributed by atoms with E-state index in [9.17, 15) is 14.7 Å². The van der Waals surface area contributed by atoms with Gasteiger partial charge in [-0.05, 0) is 13.0 Å². The minimum absolute atomic E-state index is 0.0116. The molecule has 0 saturated carbocycles. The molecular formula is C9H9ClO4. The molecule has 0 fully saturated rings. The highest BCUT2D eigenvalue weighted by Gasteiger charge is 2.53. The number of hydrogen-bond acceptors (Lipinski definition) is 3. The van der Waals surface area contributed by atoms with Crippen molar-refractivity contribution >= 4 is 23.4 Å². The zero-order chi connectivity index (χ0) is 10.9. The highest BCUT2D eigenvalue weighted by Crippen LogP contribution is 2.33. The summed E-state index contributed by atoms with van der Waals surface area (Å²) in [6, 6.07) is 0. The maximum Gasteiger partial charge on any atom is 0.342 e. The number of hydrogen-bond donors (Lipinski definition) is 2. The molecule has 0 heterocycles. The van der Waals surface area contributed by atoms with E-state index in [1.54, 1.807) is 6.92 Å². The van der Waals surface area contributed by atoms with Gasteiger partial charge < -0.3 is 10.2 Å². The molecule has 0 aliphatic heterocycles. The predicted octanol–water partition coefficient (Wildman–Crippen LogP) is 0.495. The molecule has 2 atom stereocenters. The minimum Gasteiger partial charge on any atom is -0.479 e. The highest BCUT2D eigenvalue weighted by molar-refractivity contribution is 6.37.